The van der Waals surface area contributed by atoms with Crippen LogP contribution >= 0.6 is 12.2 Å². The summed E-state index contributed by atoms with van der Waals surface area (Å²) in [5, 5.41) is 14.6. The fraction of sp³-hybridized carbons (Fsp3) is 0.667. The lowest BCUT2D eigenvalue weighted by molar-refractivity contribution is 0.553. The lowest BCUT2D eigenvalue weighted by Gasteiger charge is -2.08. The second-order valence-electron chi connectivity index (χ2n) is 3.20. The highest BCUT2D eigenvalue weighted by molar-refractivity contribution is 7.80. The Morgan fingerprint density at radius 1 is 1.40 bits per heavy atom. The predicted octanol–water partition coefficient (Wildman–Crippen LogP) is 0.542. The minimum atomic E-state index is 0.732. The second kappa shape index (κ2) is 7.17. The van der Waals surface area contributed by atoms with Crippen molar-refractivity contribution in [1.29, 1.82) is 0 Å². The van der Waals surface area contributed by atoms with Crippen molar-refractivity contribution in [2.45, 2.75) is 26.3 Å². The van der Waals surface area contributed by atoms with E-state index in [2.05, 4.69) is 27.9 Å². The minimum Gasteiger partial charge on any atom is -0.363 e. The molecule has 0 fully saturated rings. The Labute approximate surface area is 95.2 Å². The van der Waals surface area contributed by atoms with Crippen molar-refractivity contribution in [2.24, 2.45) is 0 Å². The molecule has 0 aliphatic rings. The molecule has 6 heteroatoms. The Morgan fingerprint density at radius 3 is 2.87 bits per heavy atom. The SMILES string of the molecule is CCCNC(=S)NCCCn1ccnn1. The van der Waals surface area contributed by atoms with Gasteiger partial charge in [-0.15, -0.1) is 5.10 Å². The second-order valence-corrected chi connectivity index (χ2v) is 3.61. The predicted molar refractivity (Wildman–Crippen MR) is 63.5 cm³/mol. The van der Waals surface area contributed by atoms with Gasteiger partial charge in [0.25, 0.3) is 0 Å². The number of hydrogen-bond donors (Lipinski definition) is 2. The summed E-state index contributed by atoms with van der Waals surface area (Å²) in [5.41, 5.74) is 0. The van der Waals surface area contributed by atoms with Crippen LogP contribution in [0.4, 0.5) is 0 Å². The minimum absolute atomic E-state index is 0.732. The van der Waals surface area contributed by atoms with Gasteiger partial charge in [-0.1, -0.05) is 12.1 Å². The molecule has 0 atom stereocenters. The van der Waals surface area contributed by atoms with E-state index >= 15 is 0 Å². The van der Waals surface area contributed by atoms with Crippen molar-refractivity contribution in [3.63, 3.8) is 0 Å². The fourth-order valence-electron chi connectivity index (χ4n) is 1.10. The Balaban J connectivity index is 1.99. The van der Waals surface area contributed by atoms with E-state index in [1.165, 1.54) is 0 Å². The summed E-state index contributed by atoms with van der Waals surface area (Å²) in [7, 11) is 0. The van der Waals surface area contributed by atoms with E-state index in [4.69, 9.17) is 12.2 Å². The van der Waals surface area contributed by atoms with Crippen molar-refractivity contribution in [1.82, 2.24) is 25.6 Å². The van der Waals surface area contributed by atoms with Gasteiger partial charge in [0, 0.05) is 25.8 Å². The Bertz CT molecular complexity index is 272. The lowest BCUT2D eigenvalue weighted by Crippen LogP contribution is -2.36. The zero-order chi connectivity index (χ0) is 10.9. The van der Waals surface area contributed by atoms with Gasteiger partial charge in [0.05, 0.1) is 6.20 Å². The van der Waals surface area contributed by atoms with Crippen LogP contribution in [0.15, 0.2) is 12.4 Å². The van der Waals surface area contributed by atoms with Gasteiger partial charge in [-0.25, -0.2) is 0 Å². The standard InChI is InChI=1S/C9H17N5S/c1-2-4-10-9(15)11-5-3-7-14-8-6-12-13-14/h6,8H,2-5,7H2,1H3,(H2,10,11,15). The Kier molecular flexibility index (Phi) is 5.69. The highest BCUT2D eigenvalue weighted by atomic mass is 32.1. The van der Waals surface area contributed by atoms with Gasteiger partial charge in [-0.2, -0.15) is 0 Å². The summed E-state index contributed by atoms with van der Waals surface area (Å²) in [6.45, 7) is 4.76. The van der Waals surface area contributed by atoms with Gasteiger partial charge >= 0.3 is 0 Å². The van der Waals surface area contributed by atoms with E-state index in [1.807, 2.05) is 10.9 Å². The lowest BCUT2D eigenvalue weighted by atomic mass is 10.4. The van der Waals surface area contributed by atoms with Crippen molar-refractivity contribution in [3.05, 3.63) is 12.4 Å². The van der Waals surface area contributed by atoms with Gasteiger partial charge in [0.2, 0.25) is 0 Å². The van der Waals surface area contributed by atoms with Crippen LogP contribution in [-0.4, -0.2) is 33.2 Å². The number of thiocarbonyl (C=S) groups is 1. The van der Waals surface area contributed by atoms with E-state index in [-0.39, 0.29) is 0 Å². The number of rotatable bonds is 6. The number of aromatic nitrogens is 3. The van der Waals surface area contributed by atoms with Crippen LogP contribution in [0.3, 0.4) is 0 Å². The number of nitrogens with one attached hydrogen (secondary N) is 2. The first-order chi connectivity index (χ1) is 7.33. The highest BCUT2D eigenvalue weighted by Crippen LogP contribution is 1.85. The third kappa shape index (κ3) is 5.31. The third-order valence-electron chi connectivity index (χ3n) is 1.86. The molecule has 0 aromatic carbocycles. The van der Waals surface area contributed by atoms with Crippen LogP contribution in [0.2, 0.25) is 0 Å². The van der Waals surface area contributed by atoms with E-state index < -0.39 is 0 Å². The topological polar surface area (TPSA) is 54.8 Å². The smallest absolute Gasteiger partial charge is 0.166 e. The average Bonchev–Trinajstić information content (AvgIpc) is 2.74. The molecule has 84 valence electrons. The van der Waals surface area contributed by atoms with E-state index in [0.717, 1.165) is 37.6 Å². The van der Waals surface area contributed by atoms with Crippen molar-refractivity contribution in [2.75, 3.05) is 13.1 Å². The summed E-state index contributed by atoms with van der Waals surface area (Å²) in [6, 6.07) is 0. The molecule has 1 rings (SSSR count). The molecule has 0 radical (unpaired) electrons. The van der Waals surface area contributed by atoms with Crippen LogP contribution in [0.25, 0.3) is 0 Å². The molecule has 0 aliphatic heterocycles. The van der Waals surface area contributed by atoms with E-state index in [0.29, 0.717) is 0 Å². The van der Waals surface area contributed by atoms with Crippen molar-refractivity contribution < 1.29 is 0 Å². The van der Waals surface area contributed by atoms with Crippen LogP contribution in [0.5, 0.6) is 0 Å². The zero-order valence-electron chi connectivity index (χ0n) is 8.94. The number of aryl methyl sites for hydroxylation is 1. The van der Waals surface area contributed by atoms with Gasteiger partial charge in [0.1, 0.15) is 0 Å². The molecule has 1 aromatic rings. The van der Waals surface area contributed by atoms with Gasteiger partial charge in [-0.3, -0.25) is 4.68 Å². The molecule has 0 amide bonds. The highest BCUT2D eigenvalue weighted by Gasteiger charge is 1.94. The van der Waals surface area contributed by atoms with E-state index in [1.54, 1.807) is 6.20 Å². The van der Waals surface area contributed by atoms with Crippen molar-refractivity contribution in [3.8, 4) is 0 Å². The third-order valence-corrected chi connectivity index (χ3v) is 2.15. The average molecular weight is 227 g/mol. The van der Waals surface area contributed by atoms with Gasteiger partial charge in [0.15, 0.2) is 5.11 Å². The molecular weight excluding hydrogens is 210 g/mol. The molecular formula is C9H17N5S. The molecule has 0 saturated carbocycles. The zero-order valence-corrected chi connectivity index (χ0v) is 9.76. The molecule has 0 aliphatic carbocycles. The van der Waals surface area contributed by atoms with Crippen LogP contribution in [0.1, 0.15) is 19.8 Å². The van der Waals surface area contributed by atoms with Crippen LogP contribution in [-0.2, 0) is 6.54 Å². The normalized spacial score (nSPS) is 9.93. The number of nitrogens with zero attached hydrogens (tertiary/aromatic N) is 3. The molecule has 15 heavy (non-hydrogen) atoms. The quantitative estimate of drug-likeness (QED) is 0.549. The molecule has 0 unspecified atom stereocenters. The van der Waals surface area contributed by atoms with Gasteiger partial charge < -0.3 is 10.6 Å². The maximum Gasteiger partial charge on any atom is 0.166 e. The molecule has 1 aromatic heterocycles. The first-order valence-electron chi connectivity index (χ1n) is 5.18. The summed E-state index contributed by atoms with van der Waals surface area (Å²) in [4.78, 5) is 0. The van der Waals surface area contributed by atoms with Gasteiger partial charge in [-0.05, 0) is 25.1 Å². The first-order valence-corrected chi connectivity index (χ1v) is 5.59. The largest absolute Gasteiger partial charge is 0.363 e. The van der Waals surface area contributed by atoms with Crippen molar-refractivity contribution >= 4 is 17.3 Å². The first kappa shape index (κ1) is 11.9. The maximum atomic E-state index is 5.08. The summed E-state index contributed by atoms with van der Waals surface area (Å²) < 4.78 is 1.81. The molecule has 0 bridgehead atoms. The molecule has 1 heterocycles. The maximum absolute atomic E-state index is 5.08. The monoisotopic (exact) mass is 227 g/mol. The summed E-state index contributed by atoms with van der Waals surface area (Å²) in [5.74, 6) is 0. The fourth-order valence-corrected chi connectivity index (χ4v) is 1.30. The summed E-state index contributed by atoms with van der Waals surface area (Å²) in [6.07, 6.45) is 5.60. The summed E-state index contributed by atoms with van der Waals surface area (Å²) >= 11 is 5.08. The number of hydrogen-bond acceptors (Lipinski definition) is 3. The molecule has 5 nitrogen and oxygen atoms in total. The Hall–Kier alpha value is -1.17. The van der Waals surface area contributed by atoms with Crippen LogP contribution < -0.4 is 10.6 Å². The molecule has 2 N–H and O–H groups in total. The Morgan fingerprint density at radius 2 is 2.20 bits per heavy atom. The van der Waals surface area contributed by atoms with E-state index in [9.17, 15) is 0 Å². The van der Waals surface area contributed by atoms with Crippen LogP contribution in [0, 0.1) is 0 Å². The molecule has 0 saturated heterocycles. The molecule has 0 spiro atoms.